The highest BCUT2D eigenvalue weighted by Gasteiger charge is 2.53. The van der Waals surface area contributed by atoms with E-state index in [1.54, 1.807) is 5.56 Å². The third kappa shape index (κ3) is 3.97. The van der Waals surface area contributed by atoms with Gasteiger partial charge in [-0.05, 0) is 133 Å². The van der Waals surface area contributed by atoms with Crippen molar-refractivity contribution in [2.75, 3.05) is 4.90 Å². The van der Waals surface area contributed by atoms with E-state index in [1.165, 1.54) is 36.8 Å². The van der Waals surface area contributed by atoms with Crippen LogP contribution in [-0.4, -0.2) is 9.97 Å². The molecule has 0 saturated heterocycles. The first kappa shape index (κ1) is 26.6. The minimum atomic E-state index is 0.776. The van der Waals surface area contributed by atoms with Crippen molar-refractivity contribution in [3.05, 3.63) is 127 Å². The summed E-state index contributed by atoms with van der Waals surface area (Å²) in [5, 5.41) is 2.01. The Morgan fingerprint density at radius 2 is 1.08 bits per heavy atom. The quantitative estimate of drug-likeness (QED) is 0.191. The zero-order valence-corrected chi connectivity index (χ0v) is 26.4. The minimum absolute atomic E-state index is 0.776. The Labute approximate surface area is 277 Å². The van der Waals surface area contributed by atoms with Crippen LogP contribution in [0, 0.1) is 23.7 Å². The van der Waals surface area contributed by atoms with Gasteiger partial charge in [0, 0.05) is 52.4 Å². The summed E-state index contributed by atoms with van der Waals surface area (Å²) in [7, 11) is 0. The van der Waals surface area contributed by atoms with Crippen LogP contribution in [0.2, 0.25) is 0 Å². The molecule has 0 N–H and O–H groups in total. The molecule has 0 radical (unpaired) electrons. The van der Waals surface area contributed by atoms with Gasteiger partial charge in [-0.15, -0.1) is 0 Å². The molecule has 5 unspecified atom stereocenters. The molecule has 4 aliphatic carbocycles. The topological polar surface area (TPSA) is 55.3 Å². The monoisotopic (exact) mass is 623 g/mol. The summed E-state index contributed by atoms with van der Waals surface area (Å²) in [5.41, 5.74) is 12.0. The van der Waals surface area contributed by atoms with Crippen LogP contribution in [0.4, 0.5) is 17.1 Å². The Morgan fingerprint density at radius 1 is 0.521 bits per heavy atom. The number of pyridine rings is 2. The lowest BCUT2D eigenvalue weighted by molar-refractivity contribution is 0.249. The summed E-state index contributed by atoms with van der Waals surface area (Å²) < 4.78 is 12.5. The zero-order chi connectivity index (χ0) is 31.3. The molecule has 4 saturated carbocycles. The SMILES string of the molecule is c1cnc2c(c1)oc1cc(N(c3ccc(-c4ccc(C5C6CC7CC(C6)C5C7)cc4)cc3)c3ccc4c(c3)oc3cccnc34)ccc12. The van der Waals surface area contributed by atoms with Crippen LogP contribution in [0.25, 0.3) is 55.3 Å². The van der Waals surface area contributed by atoms with Gasteiger partial charge in [-0.2, -0.15) is 0 Å². The molecule has 5 atom stereocenters. The van der Waals surface area contributed by atoms with Crippen molar-refractivity contribution in [3.8, 4) is 11.1 Å². The number of aromatic nitrogens is 2. The van der Waals surface area contributed by atoms with Gasteiger partial charge in [-0.1, -0.05) is 36.4 Å². The number of anilines is 3. The van der Waals surface area contributed by atoms with Crippen molar-refractivity contribution in [2.45, 2.75) is 31.6 Å². The van der Waals surface area contributed by atoms with Crippen molar-refractivity contribution in [3.63, 3.8) is 0 Å². The molecular formula is C43H33N3O2. The Hall–Kier alpha value is -5.42. The molecule has 4 aromatic heterocycles. The van der Waals surface area contributed by atoms with Gasteiger partial charge in [0.1, 0.15) is 22.2 Å². The van der Waals surface area contributed by atoms with Crippen LogP contribution in [0.15, 0.2) is 130 Å². The van der Waals surface area contributed by atoms with Gasteiger partial charge in [0.2, 0.25) is 0 Å². The molecule has 5 heteroatoms. The Morgan fingerprint density at radius 3 is 1.69 bits per heavy atom. The lowest BCUT2D eigenvalue weighted by Gasteiger charge is -2.32. The predicted molar refractivity (Wildman–Crippen MR) is 192 cm³/mol. The fourth-order valence-corrected chi connectivity index (χ4v) is 9.85. The molecule has 4 heterocycles. The van der Waals surface area contributed by atoms with Crippen LogP contribution in [0.5, 0.6) is 0 Å². The van der Waals surface area contributed by atoms with Crippen LogP contribution < -0.4 is 4.90 Å². The van der Waals surface area contributed by atoms with E-state index in [0.717, 1.165) is 90.8 Å². The Kier molecular flexibility index (Phi) is 5.57. The fourth-order valence-electron chi connectivity index (χ4n) is 9.85. The number of benzene rings is 4. The lowest BCUT2D eigenvalue weighted by Crippen LogP contribution is -2.21. The highest BCUT2D eigenvalue weighted by Crippen LogP contribution is 2.64. The van der Waals surface area contributed by atoms with Crippen LogP contribution in [-0.2, 0) is 0 Å². The molecular weight excluding hydrogens is 590 g/mol. The van der Waals surface area contributed by atoms with Gasteiger partial charge in [0.05, 0.1) is 0 Å². The standard InChI is InChI=1S/C43H33N3O2/c1-3-37-42(44-17-1)34-15-13-32(23-39(34)47-37)46(33-14-16-35-40(24-33)48-38-4-2-18-45-43(35)38)31-11-9-27(10-12-31)26-5-7-28(8-6-26)41-30-20-25-19-29(22-30)36(41)21-25/h1-18,23-25,29-30,36,41H,19-22H2. The minimum Gasteiger partial charge on any atom is -0.454 e. The van der Waals surface area contributed by atoms with Gasteiger partial charge in [-0.25, -0.2) is 0 Å². The van der Waals surface area contributed by atoms with Crippen molar-refractivity contribution in [1.82, 2.24) is 9.97 Å². The predicted octanol–water partition coefficient (Wildman–Crippen LogP) is 11.6. The normalized spacial score (nSPS) is 22.9. The Balaban J connectivity index is 0.978. The van der Waals surface area contributed by atoms with E-state index in [-0.39, 0.29) is 0 Å². The van der Waals surface area contributed by atoms with Gasteiger partial charge >= 0.3 is 0 Å². The second kappa shape index (κ2) is 10.0. The molecule has 4 aliphatic rings. The smallest absolute Gasteiger partial charge is 0.153 e. The molecule has 232 valence electrons. The molecule has 0 aliphatic heterocycles. The van der Waals surface area contributed by atoms with E-state index in [0.29, 0.717) is 0 Å². The molecule has 0 amide bonds. The van der Waals surface area contributed by atoms with E-state index in [4.69, 9.17) is 8.83 Å². The van der Waals surface area contributed by atoms with Gasteiger partial charge < -0.3 is 13.7 Å². The van der Waals surface area contributed by atoms with E-state index < -0.39 is 0 Å². The average Bonchev–Trinajstić information content (AvgIpc) is 3.84. The number of fused-ring (bicyclic) bond motifs is 6. The van der Waals surface area contributed by atoms with E-state index >= 15 is 0 Å². The number of hydrogen-bond acceptors (Lipinski definition) is 5. The molecule has 0 spiro atoms. The molecule has 4 aromatic carbocycles. The zero-order valence-electron chi connectivity index (χ0n) is 26.4. The maximum Gasteiger partial charge on any atom is 0.153 e. The van der Waals surface area contributed by atoms with Crippen LogP contribution >= 0.6 is 0 Å². The van der Waals surface area contributed by atoms with Crippen LogP contribution in [0.1, 0.15) is 37.2 Å². The van der Waals surface area contributed by atoms with Crippen molar-refractivity contribution < 1.29 is 8.83 Å². The summed E-state index contributed by atoms with van der Waals surface area (Å²) in [6.45, 7) is 0. The van der Waals surface area contributed by atoms with Crippen molar-refractivity contribution >= 4 is 61.2 Å². The number of hydrogen-bond donors (Lipinski definition) is 0. The number of furan rings is 2. The number of rotatable bonds is 5. The summed E-state index contributed by atoms with van der Waals surface area (Å²) in [5.74, 6) is 4.62. The highest BCUT2D eigenvalue weighted by molar-refractivity contribution is 6.05. The van der Waals surface area contributed by atoms with Crippen LogP contribution in [0.3, 0.4) is 0 Å². The first-order chi connectivity index (χ1) is 23.7. The molecule has 48 heavy (non-hydrogen) atoms. The number of nitrogens with zero attached hydrogens (tertiary/aromatic N) is 3. The fraction of sp³-hybridized carbons (Fsp3) is 0.209. The summed E-state index contributed by atoms with van der Waals surface area (Å²) >= 11 is 0. The molecule has 4 bridgehead atoms. The summed E-state index contributed by atoms with van der Waals surface area (Å²) in [6, 6.07) is 38.9. The van der Waals surface area contributed by atoms with Gasteiger partial charge in [-0.3, -0.25) is 9.97 Å². The maximum atomic E-state index is 6.26. The first-order valence-corrected chi connectivity index (χ1v) is 17.3. The first-order valence-electron chi connectivity index (χ1n) is 17.3. The molecule has 4 fully saturated rings. The molecule has 5 nitrogen and oxygen atoms in total. The third-order valence-electron chi connectivity index (χ3n) is 11.8. The largest absolute Gasteiger partial charge is 0.454 e. The van der Waals surface area contributed by atoms with Gasteiger partial charge in [0.25, 0.3) is 0 Å². The maximum absolute atomic E-state index is 6.26. The summed E-state index contributed by atoms with van der Waals surface area (Å²) in [4.78, 5) is 11.4. The highest BCUT2D eigenvalue weighted by atomic mass is 16.3. The van der Waals surface area contributed by atoms with Crippen molar-refractivity contribution in [1.29, 1.82) is 0 Å². The average molecular weight is 624 g/mol. The third-order valence-corrected chi connectivity index (χ3v) is 11.8. The van der Waals surface area contributed by atoms with E-state index in [1.807, 2.05) is 36.7 Å². The summed E-state index contributed by atoms with van der Waals surface area (Å²) in [6.07, 6.45) is 9.50. The second-order valence-electron chi connectivity index (χ2n) is 14.3. The van der Waals surface area contributed by atoms with E-state index in [9.17, 15) is 0 Å². The van der Waals surface area contributed by atoms with Crippen molar-refractivity contribution in [2.24, 2.45) is 23.7 Å². The van der Waals surface area contributed by atoms with Gasteiger partial charge in [0.15, 0.2) is 11.2 Å². The Bertz CT molecular complexity index is 2390. The molecule has 8 aromatic rings. The second-order valence-corrected chi connectivity index (χ2v) is 14.3. The van der Waals surface area contributed by atoms with E-state index in [2.05, 4.69) is 99.8 Å². The molecule has 12 rings (SSSR count). The lowest BCUT2D eigenvalue weighted by atomic mass is 9.72.